The lowest BCUT2D eigenvalue weighted by Crippen LogP contribution is -2.47. The largest absolute Gasteiger partial charge is 0.230 e. The van der Waals surface area contributed by atoms with E-state index in [0.29, 0.717) is 0 Å². The van der Waals surface area contributed by atoms with Gasteiger partial charge in [0.1, 0.15) is 39.1 Å². The number of halogens is 1. The standard InChI is InChI=1S/C43H36ClP3/c44-45(36-22-8-1-9-23-36)43(46(37-24-10-2-11-25-37,38-26-12-3-13-27-38)39-28-14-4-15-29-39)47(40-30-16-5-17-31-40,41-32-18-6-19-33-41)42-34-20-7-21-35-42/h1-35,43H/q+2. The van der Waals surface area contributed by atoms with E-state index in [2.05, 4.69) is 212 Å². The van der Waals surface area contributed by atoms with E-state index in [1.165, 1.54) is 37.1 Å². The summed E-state index contributed by atoms with van der Waals surface area (Å²) in [6.45, 7) is 0. The maximum absolute atomic E-state index is 8.36. The quantitative estimate of drug-likeness (QED) is 0.126. The molecule has 0 saturated carbocycles. The van der Waals surface area contributed by atoms with Crippen LogP contribution >= 0.6 is 33.0 Å². The predicted molar refractivity (Wildman–Crippen MR) is 213 cm³/mol. The smallest absolute Gasteiger partial charge is 0.0823 e. The summed E-state index contributed by atoms with van der Waals surface area (Å²) in [5.41, 5.74) is 0. The van der Waals surface area contributed by atoms with Crippen molar-refractivity contribution in [3.05, 3.63) is 212 Å². The highest BCUT2D eigenvalue weighted by molar-refractivity contribution is 8.22. The van der Waals surface area contributed by atoms with Crippen molar-refractivity contribution in [1.82, 2.24) is 0 Å². The van der Waals surface area contributed by atoms with Crippen LogP contribution in [0.2, 0.25) is 0 Å². The lowest BCUT2D eigenvalue weighted by Gasteiger charge is -2.43. The van der Waals surface area contributed by atoms with E-state index in [4.69, 9.17) is 11.2 Å². The van der Waals surface area contributed by atoms with Gasteiger partial charge in [-0.15, -0.1) is 0 Å². The van der Waals surface area contributed by atoms with Crippen molar-refractivity contribution < 1.29 is 0 Å². The molecule has 0 saturated heterocycles. The molecule has 0 fully saturated rings. The Morgan fingerprint density at radius 1 is 0.298 bits per heavy atom. The van der Waals surface area contributed by atoms with E-state index >= 15 is 0 Å². The van der Waals surface area contributed by atoms with Crippen LogP contribution in [0.1, 0.15) is 0 Å². The Morgan fingerprint density at radius 3 is 0.702 bits per heavy atom. The zero-order chi connectivity index (χ0) is 31.9. The molecule has 0 aromatic heterocycles. The van der Waals surface area contributed by atoms with Gasteiger partial charge in [-0.05, 0) is 78.1 Å². The Hall–Kier alpha value is -3.88. The molecule has 228 valence electrons. The van der Waals surface area contributed by atoms with Gasteiger partial charge in [0.15, 0.2) is 14.5 Å². The van der Waals surface area contributed by atoms with Gasteiger partial charge in [-0.2, -0.15) is 0 Å². The first kappa shape index (κ1) is 31.7. The van der Waals surface area contributed by atoms with Gasteiger partial charge in [0.2, 0.25) is 5.14 Å². The van der Waals surface area contributed by atoms with Crippen LogP contribution in [0.25, 0.3) is 0 Å². The van der Waals surface area contributed by atoms with Gasteiger partial charge in [0.25, 0.3) is 0 Å². The summed E-state index contributed by atoms with van der Waals surface area (Å²) in [5, 5.41) is 9.29. The molecule has 1 atom stereocenters. The fourth-order valence-electron chi connectivity index (χ4n) is 6.94. The molecular formula is C43H36ClP3+2. The molecule has 7 rings (SSSR count). The van der Waals surface area contributed by atoms with E-state index in [-0.39, 0.29) is 5.14 Å². The highest BCUT2D eigenvalue weighted by Gasteiger charge is 2.71. The molecular weight excluding hydrogens is 645 g/mol. The Kier molecular flexibility index (Phi) is 9.77. The number of hydrogen-bond acceptors (Lipinski definition) is 0. The first-order chi connectivity index (χ1) is 23.3. The van der Waals surface area contributed by atoms with Crippen molar-refractivity contribution in [3.63, 3.8) is 0 Å². The maximum atomic E-state index is 8.36. The molecule has 47 heavy (non-hydrogen) atoms. The van der Waals surface area contributed by atoms with Gasteiger partial charge in [-0.3, -0.25) is 0 Å². The highest BCUT2D eigenvalue weighted by atomic mass is 35.7. The van der Waals surface area contributed by atoms with Gasteiger partial charge >= 0.3 is 0 Å². The average Bonchev–Trinajstić information content (AvgIpc) is 3.17. The fraction of sp³-hybridized carbons (Fsp3) is 0.0233. The average molecular weight is 681 g/mol. The molecule has 7 aromatic carbocycles. The second-order valence-corrected chi connectivity index (χ2v) is 22.4. The third-order valence-corrected chi connectivity index (χ3v) is 25.7. The normalized spacial score (nSPS) is 12.5. The molecule has 0 radical (unpaired) electrons. The Labute approximate surface area is 286 Å². The van der Waals surface area contributed by atoms with Gasteiger partial charge < -0.3 is 0 Å². The van der Waals surface area contributed by atoms with Gasteiger partial charge in [-0.25, -0.2) is 0 Å². The van der Waals surface area contributed by atoms with Gasteiger partial charge in [0, 0.05) is 0 Å². The predicted octanol–water partition coefficient (Wildman–Crippen LogP) is 9.22. The summed E-state index contributed by atoms with van der Waals surface area (Å²) in [4.78, 5) is 0. The first-order valence-corrected chi connectivity index (χ1v) is 21.9. The number of rotatable bonds is 10. The van der Waals surface area contributed by atoms with Crippen LogP contribution in [0.15, 0.2) is 212 Å². The molecule has 0 aliphatic rings. The SMILES string of the molecule is ClP(c1ccccc1)C([P+](c1ccccc1)(c1ccccc1)c1ccccc1)[P+](c1ccccc1)(c1ccccc1)c1ccccc1. The van der Waals surface area contributed by atoms with E-state index in [0.717, 1.165) is 0 Å². The molecule has 0 bridgehead atoms. The zero-order valence-electron chi connectivity index (χ0n) is 26.0. The molecule has 4 heteroatoms. The molecule has 0 N–H and O–H groups in total. The minimum absolute atomic E-state index is 0.00784. The van der Waals surface area contributed by atoms with Crippen LogP contribution < -0.4 is 37.1 Å². The van der Waals surface area contributed by atoms with Crippen LogP contribution in [-0.4, -0.2) is 5.14 Å². The van der Waals surface area contributed by atoms with Crippen molar-refractivity contribution in [2.24, 2.45) is 0 Å². The van der Waals surface area contributed by atoms with Crippen LogP contribution in [0.3, 0.4) is 0 Å². The van der Waals surface area contributed by atoms with Crippen LogP contribution in [0.5, 0.6) is 0 Å². The molecule has 0 amide bonds. The molecule has 1 unspecified atom stereocenters. The summed E-state index contributed by atoms with van der Waals surface area (Å²) >= 11 is 8.36. The Balaban J connectivity index is 1.76. The maximum Gasteiger partial charge on any atom is 0.230 e. The molecule has 0 spiro atoms. The summed E-state index contributed by atoms with van der Waals surface area (Å²) < 4.78 is 0. The third kappa shape index (κ3) is 5.80. The summed E-state index contributed by atoms with van der Waals surface area (Å²) in [6, 6.07) is 78.5. The van der Waals surface area contributed by atoms with Crippen molar-refractivity contribution in [2.75, 3.05) is 0 Å². The molecule has 0 nitrogen and oxygen atoms in total. The summed E-state index contributed by atoms with van der Waals surface area (Å²) in [6.07, 6.45) is 0. The second-order valence-electron chi connectivity index (χ2n) is 11.5. The van der Waals surface area contributed by atoms with Crippen LogP contribution in [0.4, 0.5) is 0 Å². The van der Waals surface area contributed by atoms with E-state index in [9.17, 15) is 0 Å². The van der Waals surface area contributed by atoms with Gasteiger partial charge in [-0.1, -0.05) is 151 Å². The fourth-order valence-corrected chi connectivity index (χ4v) is 27.7. The monoisotopic (exact) mass is 680 g/mol. The van der Waals surface area contributed by atoms with E-state index in [1.54, 1.807) is 0 Å². The topological polar surface area (TPSA) is 0 Å². The zero-order valence-corrected chi connectivity index (χ0v) is 29.4. The number of hydrogen-bond donors (Lipinski definition) is 0. The summed E-state index contributed by atoms with van der Waals surface area (Å²) in [5.74, 6) is 0. The van der Waals surface area contributed by atoms with Gasteiger partial charge in [0.05, 0.1) is 0 Å². The highest BCUT2D eigenvalue weighted by Crippen LogP contribution is 2.85. The van der Waals surface area contributed by atoms with Crippen molar-refractivity contribution in [3.8, 4) is 0 Å². The first-order valence-electron chi connectivity index (χ1n) is 15.9. The molecule has 0 heterocycles. The lowest BCUT2D eigenvalue weighted by atomic mass is 10.4. The molecule has 0 aliphatic carbocycles. The van der Waals surface area contributed by atoms with Crippen LogP contribution in [-0.2, 0) is 0 Å². The minimum atomic E-state index is -2.56. The van der Waals surface area contributed by atoms with Crippen molar-refractivity contribution >= 4 is 70.2 Å². The molecule has 0 aliphatic heterocycles. The second kappa shape index (κ2) is 14.5. The molecule has 7 aromatic rings. The lowest BCUT2D eigenvalue weighted by molar-refractivity contribution is 1.65. The van der Waals surface area contributed by atoms with Crippen molar-refractivity contribution in [2.45, 2.75) is 5.14 Å². The van der Waals surface area contributed by atoms with E-state index < -0.39 is 21.8 Å². The van der Waals surface area contributed by atoms with Crippen molar-refractivity contribution in [1.29, 1.82) is 0 Å². The van der Waals surface area contributed by atoms with Crippen LogP contribution in [0, 0.1) is 0 Å². The summed E-state index contributed by atoms with van der Waals surface area (Å²) in [7, 11) is -6.40. The van der Waals surface area contributed by atoms with E-state index in [1.807, 2.05) is 0 Å². The third-order valence-electron chi connectivity index (χ3n) is 8.88. The number of benzene rings is 7. The Morgan fingerprint density at radius 2 is 0.489 bits per heavy atom. The Bertz CT molecular complexity index is 1650. The minimum Gasteiger partial charge on any atom is -0.0823 e.